The number of imidazole rings is 1. The average Bonchev–Trinajstić information content (AvgIpc) is 2.85. The van der Waals surface area contributed by atoms with E-state index in [0.29, 0.717) is 12.3 Å². The fourth-order valence-corrected chi connectivity index (χ4v) is 3.46. The number of aryl methyl sites for hydroxylation is 2. The van der Waals surface area contributed by atoms with E-state index < -0.39 is 0 Å². The Bertz CT molecular complexity index is 860. The molecule has 0 unspecified atom stereocenters. The molecule has 0 fully saturated rings. The Morgan fingerprint density at radius 1 is 1.08 bits per heavy atom. The van der Waals surface area contributed by atoms with Crippen LogP contribution in [0, 0.1) is 19.7 Å². The number of nitrogens with zero attached hydrogens (tertiary/aromatic N) is 2. The van der Waals surface area contributed by atoms with Crippen LogP contribution in [-0.4, -0.2) is 9.38 Å². The molecular weight excluding hydrogens is 299 g/mol. The van der Waals surface area contributed by atoms with E-state index >= 15 is 0 Å². The average molecular weight is 324 g/mol. The lowest BCUT2D eigenvalue weighted by atomic mass is 9.92. The number of benzene rings is 1. The zero-order chi connectivity index (χ0) is 17.3. The summed E-state index contributed by atoms with van der Waals surface area (Å²) in [5.41, 5.74) is 6.11. The molecule has 2 heterocycles. The van der Waals surface area contributed by atoms with E-state index in [9.17, 15) is 4.39 Å². The molecule has 24 heavy (non-hydrogen) atoms. The molecule has 0 N–H and O–H groups in total. The van der Waals surface area contributed by atoms with E-state index in [1.807, 2.05) is 13.0 Å². The van der Waals surface area contributed by atoms with Gasteiger partial charge in [-0.25, -0.2) is 9.37 Å². The normalized spacial score (nSPS) is 11.6. The maximum absolute atomic E-state index is 14.5. The Kier molecular flexibility index (Phi) is 4.70. The van der Waals surface area contributed by atoms with Crippen LogP contribution < -0.4 is 0 Å². The van der Waals surface area contributed by atoms with Crippen LogP contribution in [0.25, 0.3) is 5.65 Å². The van der Waals surface area contributed by atoms with E-state index in [-0.39, 0.29) is 5.82 Å². The quantitative estimate of drug-likeness (QED) is 0.598. The third kappa shape index (κ3) is 3.08. The second-order valence-corrected chi connectivity index (χ2v) is 6.62. The van der Waals surface area contributed by atoms with Gasteiger partial charge in [-0.3, -0.25) is 0 Å². The summed E-state index contributed by atoms with van der Waals surface area (Å²) in [6, 6.07) is 9.87. The predicted octanol–water partition coefficient (Wildman–Crippen LogP) is 5.58. The number of hydrogen-bond acceptors (Lipinski definition) is 1. The first-order chi connectivity index (χ1) is 11.5. The van der Waals surface area contributed by atoms with Gasteiger partial charge in [-0.1, -0.05) is 26.0 Å². The molecule has 0 amide bonds. The zero-order valence-electron chi connectivity index (χ0n) is 14.9. The highest BCUT2D eigenvalue weighted by Gasteiger charge is 2.14. The first kappa shape index (κ1) is 16.7. The fourth-order valence-electron chi connectivity index (χ4n) is 3.46. The second-order valence-electron chi connectivity index (χ2n) is 6.62. The zero-order valence-corrected chi connectivity index (χ0v) is 14.9. The van der Waals surface area contributed by atoms with Crippen LogP contribution in [0.5, 0.6) is 0 Å². The van der Waals surface area contributed by atoms with Gasteiger partial charge >= 0.3 is 0 Å². The number of halogens is 1. The standard InChI is InChI=1S/C21H25FN2/c1-5-17(6-2)18-8-7-16(12-19(18)22)13-20-15(4)23-21-11-14(3)9-10-24(20)21/h7-12,17H,5-6,13H2,1-4H3. The van der Waals surface area contributed by atoms with Gasteiger partial charge in [0.2, 0.25) is 0 Å². The van der Waals surface area contributed by atoms with E-state index in [4.69, 9.17) is 0 Å². The number of fused-ring (bicyclic) bond motifs is 1. The van der Waals surface area contributed by atoms with Crippen molar-refractivity contribution in [3.63, 3.8) is 0 Å². The molecule has 3 heteroatoms. The Labute approximate surface area is 143 Å². The van der Waals surface area contributed by atoms with Gasteiger partial charge in [-0.05, 0) is 67.5 Å². The van der Waals surface area contributed by atoms with E-state index in [2.05, 4.69) is 54.6 Å². The van der Waals surface area contributed by atoms with E-state index in [1.54, 1.807) is 6.07 Å². The first-order valence-corrected chi connectivity index (χ1v) is 8.76. The molecule has 0 atom stereocenters. The molecule has 2 aromatic heterocycles. The third-order valence-electron chi connectivity index (χ3n) is 4.94. The van der Waals surface area contributed by atoms with Crippen molar-refractivity contribution in [2.75, 3.05) is 0 Å². The number of hydrogen-bond donors (Lipinski definition) is 0. The summed E-state index contributed by atoms with van der Waals surface area (Å²) in [7, 11) is 0. The predicted molar refractivity (Wildman–Crippen MR) is 97.2 cm³/mol. The minimum Gasteiger partial charge on any atom is -0.303 e. The van der Waals surface area contributed by atoms with Crippen molar-refractivity contribution in [3.8, 4) is 0 Å². The van der Waals surface area contributed by atoms with Gasteiger partial charge in [0.05, 0.1) is 5.69 Å². The van der Waals surface area contributed by atoms with Crippen LogP contribution >= 0.6 is 0 Å². The number of aromatic nitrogens is 2. The van der Waals surface area contributed by atoms with E-state index in [0.717, 1.165) is 41.0 Å². The number of rotatable bonds is 5. The molecule has 126 valence electrons. The molecule has 0 saturated carbocycles. The summed E-state index contributed by atoms with van der Waals surface area (Å²) in [6.07, 6.45) is 4.68. The summed E-state index contributed by atoms with van der Waals surface area (Å²) in [5.74, 6) is 0.225. The second kappa shape index (κ2) is 6.76. The monoisotopic (exact) mass is 324 g/mol. The molecule has 1 aromatic carbocycles. The van der Waals surface area contributed by atoms with Crippen molar-refractivity contribution in [1.82, 2.24) is 9.38 Å². The molecular formula is C21H25FN2. The molecule has 3 rings (SSSR count). The molecule has 0 saturated heterocycles. The van der Waals surface area contributed by atoms with Crippen molar-refractivity contribution in [2.45, 2.75) is 52.9 Å². The summed E-state index contributed by atoms with van der Waals surface area (Å²) in [4.78, 5) is 4.63. The Morgan fingerprint density at radius 3 is 2.50 bits per heavy atom. The van der Waals surface area contributed by atoms with Crippen LogP contribution in [0.4, 0.5) is 4.39 Å². The largest absolute Gasteiger partial charge is 0.303 e. The minimum absolute atomic E-state index is 0.0801. The molecule has 2 nitrogen and oxygen atoms in total. The van der Waals surface area contributed by atoms with Crippen LogP contribution in [0.3, 0.4) is 0 Å². The lowest BCUT2D eigenvalue weighted by Gasteiger charge is -2.14. The summed E-state index contributed by atoms with van der Waals surface area (Å²) in [5, 5.41) is 0. The van der Waals surface area contributed by atoms with Gasteiger partial charge in [0.25, 0.3) is 0 Å². The Balaban J connectivity index is 1.94. The Hall–Kier alpha value is -2.16. The number of pyridine rings is 1. The highest BCUT2D eigenvalue weighted by molar-refractivity contribution is 5.46. The van der Waals surface area contributed by atoms with Crippen LogP contribution in [0.1, 0.15) is 60.7 Å². The van der Waals surface area contributed by atoms with Crippen molar-refractivity contribution < 1.29 is 4.39 Å². The molecule has 0 spiro atoms. The SMILES string of the molecule is CCC(CC)c1ccc(Cc2c(C)nc3cc(C)ccn23)cc1F. The van der Waals surface area contributed by atoms with Crippen LogP contribution in [0.15, 0.2) is 36.5 Å². The van der Waals surface area contributed by atoms with Crippen LogP contribution in [-0.2, 0) is 6.42 Å². The van der Waals surface area contributed by atoms with Crippen molar-refractivity contribution in [1.29, 1.82) is 0 Å². The maximum Gasteiger partial charge on any atom is 0.137 e. The maximum atomic E-state index is 14.5. The molecule has 0 bridgehead atoms. The molecule has 0 aliphatic rings. The van der Waals surface area contributed by atoms with Gasteiger partial charge in [-0.2, -0.15) is 0 Å². The Morgan fingerprint density at radius 2 is 1.83 bits per heavy atom. The van der Waals surface area contributed by atoms with Gasteiger partial charge in [0.1, 0.15) is 11.5 Å². The molecule has 0 aliphatic carbocycles. The summed E-state index contributed by atoms with van der Waals surface area (Å²) >= 11 is 0. The smallest absolute Gasteiger partial charge is 0.137 e. The fraction of sp³-hybridized carbons (Fsp3) is 0.381. The lowest BCUT2D eigenvalue weighted by Crippen LogP contribution is -2.02. The van der Waals surface area contributed by atoms with Crippen molar-refractivity contribution in [2.24, 2.45) is 0 Å². The van der Waals surface area contributed by atoms with Crippen molar-refractivity contribution in [3.05, 3.63) is 70.4 Å². The summed E-state index contributed by atoms with van der Waals surface area (Å²) in [6.45, 7) is 8.32. The molecule has 0 radical (unpaired) electrons. The molecule has 3 aromatic rings. The molecule has 0 aliphatic heterocycles. The van der Waals surface area contributed by atoms with E-state index in [1.165, 1.54) is 5.56 Å². The first-order valence-electron chi connectivity index (χ1n) is 8.76. The lowest BCUT2D eigenvalue weighted by molar-refractivity contribution is 0.557. The van der Waals surface area contributed by atoms with Gasteiger partial charge < -0.3 is 4.40 Å². The highest BCUT2D eigenvalue weighted by atomic mass is 19.1. The minimum atomic E-state index is -0.0801. The van der Waals surface area contributed by atoms with Crippen LogP contribution in [0.2, 0.25) is 0 Å². The van der Waals surface area contributed by atoms with Gasteiger partial charge in [0.15, 0.2) is 0 Å². The van der Waals surface area contributed by atoms with Gasteiger partial charge in [0, 0.05) is 18.3 Å². The van der Waals surface area contributed by atoms with Crippen molar-refractivity contribution >= 4 is 5.65 Å². The summed E-state index contributed by atoms with van der Waals surface area (Å²) < 4.78 is 16.7. The van der Waals surface area contributed by atoms with Gasteiger partial charge in [-0.15, -0.1) is 0 Å². The third-order valence-corrected chi connectivity index (χ3v) is 4.94. The highest BCUT2D eigenvalue weighted by Crippen LogP contribution is 2.27. The topological polar surface area (TPSA) is 17.3 Å².